The van der Waals surface area contributed by atoms with Crippen molar-refractivity contribution in [3.63, 3.8) is 0 Å². The molecule has 6 heteroatoms. The van der Waals surface area contributed by atoms with E-state index in [1.165, 1.54) is 0 Å². The van der Waals surface area contributed by atoms with Crippen molar-refractivity contribution in [3.8, 4) is 0 Å². The molecule has 0 saturated heterocycles. The first-order chi connectivity index (χ1) is 8.99. The van der Waals surface area contributed by atoms with Gasteiger partial charge in [0.05, 0.1) is 18.8 Å². The Kier molecular flexibility index (Phi) is 5.98. The Bertz CT molecular complexity index is 401. The zero-order valence-corrected chi connectivity index (χ0v) is 12.3. The molecule has 0 aliphatic carbocycles. The van der Waals surface area contributed by atoms with Crippen LogP contribution in [-0.2, 0) is 11.8 Å². The Hall–Kier alpha value is -1.40. The number of aromatic nitrogens is 2. The van der Waals surface area contributed by atoms with Crippen LogP contribution in [0.25, 0.3) is 0 Å². The average molecular weight is 267 g/mol. The minimum atomic E-state index is -0.0691. The molecule has 0 spiro atoms. The smallest absolute Gasteiger partial charge is 0.233 e. The number of rotatable bonds is 7. The number of aryl methyl sites for hydroxylation is 1. The van der Waals surface area contributed by atoms with Crippen molar-refractivity contribution in [2.45, 2.75) is 32.4 Å². The van der Waals surface area contributed by atoms with E-state index in [1.807, 2.05) is 26.4 Å². The van der Waals surface area contributed by atoms with E-state index in [1.54, 1.807) is 11.7 Å². The van der Waals surface area contributed by atoms with E-state index in [-0.39, 0.29) is 18.0 Å². The molecule has 2 atom stereocenters. The molecule has 0 aliphatic heterocycles. The lowest BCUT2D eigenvalue weighted by Gasteiger charge is -2.32. The van der Waals surface area contributed by atoms with Crippen LogP contribution < -0.4 is 11.1 Å². The van der Waals surface area contributed by atoms with Crippen molar-refractivity contribution in [1.82, 2.24) is 20.0 Å². The van der Waals surface area contributed by atoms with E-state index in [2.05, 4.69) is 22.2 Å². The van der Waals surface area contributed by atoms with E-state index < -0.39 is 0 Å². The second-order valence-electron chi connectivity index (χ2n) is 4.89. The largest absolute Gasteiger partial charge is 0.358 e. The van der Waals surface area contributed by atoms with Crippen LogP contribution >= 0.6 is 0 Å². The summed E-state index contributed by atoms with van der Waals surface area (Å²) in [5.74, 6) is 0.00277. The lowest BCUT2D eigenvalue weighted by Crippen LogP contribution is -2.44. The minimum Gasteiger partial charge on any atom is -0.358 e. The van der Waals surface area contributed by atoms with Crippen LogP contribution in [0, 0.1) is 0 Å². The third kappa shape index (κ3) is 4.33. The van der Waals surface area contributed by atoms with Gasteiger partial charge in [-0.2, -0.15) is 5.10 Å². The number of hydrogen-bond acceptors (Lipinski definition) is 4. The van der Waals surface area contributed by atoms with Gasteiger partial charge in [-0.25, -0.2) is 0 Å². The molecular formula is C13H25N5O. The molecule has 6 nitrogen and oxygen atoms in total. The van der Waals surface area contributed by atoms with Crippen molar-refractivity contribution in [1.29, 1.82) is 0 Å². The summed E-state index contributed by atoms with van der Waals surface area (Å²) >= 11 is 0. The van der Waals surface area contributed by atoms with Gasteiger partial charge in [0.1, 0.15) is 0 Å². The van der Waals surface area contributed by atoms with Gasteiger partial charge in [-0.05, 0) is 19.9 Å². The minimum absolute atomic E-state index is 0.00277. The highest BCUT2D eigenvalue weighted by molar-refractivity contribution is 5.77. The molecule has 0 saturated carbocycles. The maximum absolute atomic E-state index is 11.6. The SMILES string of the molecule is CCCN(CC(=O)NC)C(c1cnn(C)c1)C(C)N. The van der Waals surface area contributed by atoms with Gasteiger partial charge in [0, 0.05) is 31.9 Å². The summed E-state index contributed by atoms with van der Waals surface area (Å²) in [6.45, 7) is 5.24. The second kappa shape index (κ2) is 7.25. The number of nitrogens with one attached hydrogen (secondary N) is 1. The molecule has 19 heavy (non-hydrogen) atoms. The van der Waals surface area contributed by atoms with Gasteiger partial charge >= 0.3 is 0 Å². The Morgan fingerprint density at radius 3 is 2.74 bits per heavy atom. The van der Waals surface area contributed by atoms with Crippen LogP contribution in [0.2, 0.25) is 0 Å². The molecule has 1 amide bonds. The van der Waals surface area contributed by atoms with Crippen molar-refractivity contribution in [2.24, 2.45) is 12.8 Å². The van der Waals surface area contributed by atoms with Crippen LogP contribution in [0.3, 0.4) is 0 Å². The summed E-state index contributed by atoms with van der Waals surface area (Å²) in [6, 6.07) is -0.0636. The zero-order chi connectivity index (χ0) is 14.4. The van der Waals surface area contributed by atoms with Crippen molar-refractivity contribution in [3.05, 3.63) is 18.0 Å². The van der Waals surface area contributed by atoms with E-state index in [4.69, 9.17) is 5.73 Å². The maximum Gasteiger partial charge on any atom is 0.233 e. The Morgan fingerprint density at radius 2 is 2.32 bits per heavy atom. The predicted octanol–water partition coefficient (Wildman–Crippen LogP) is 0.266. The topological polar surface area (TPSA) is 76.2 Å². The Labute approximate surface area is 114 Å². The quantitative estimate of drug-likeness (QED) is 0.743. The Balaban J connectivity index is 2.95. The third-order valence-electron chi connectivity index (χ3n) is 3.09. The van der Waals surface area contributed by atoms with Crippen LogP contribution in [0.1, 0.15) is 31.9 Å². The van der Waals surface area contributed by atoms with Crippen molar-refractivity contribution < 1.29 is 4.79 Å². The average Bonchev–Trinajstić information content (AvgIpc) is 2.75. The predicted molar refractivity (Wildman–Crippen MR) is 75.5 cm³/mol. The number of nitrogens with two attached hydrogens (primary N) is 1. The molecule has 0 radical (unpaired) electrons. The fraction of sp³-hybridized carbons (Fsp3) is 0.692. The summed E-state index contributed by atoms with van der Waals surface area (Å²) in [7, 11) is 3.53. The van der Waals surface area contributed by atoms with Gasteiger partial charge in [-0.3, -0.25) is 14.4 Å². The fourth-order valence-electron chi connectivity index (χ4n) is 2.31. The summed E-state index contributed by atoms with van der Waals surface area (Å²) in [4.78, 5) is 13.8. The van der Waals surface area contributed by atoms with Gasteiger partial charge in [-0.1, -0.05) is 6.92 Å². The third-order valence-corrected chi connectivity index (χ3v) is 3.09. The van der Waals surface area contributed by atoms with E-state index >= 15 is 0 Å². The number of likely N-dealkylation sites (N-methyl/N-ethyl adjacent to an activating group) is 1. The van der Waals surface area contributed by atoms with Crippen LogP contribution in [0.15, 0.2) is 12.4 Å². The van der Waals surface area contributed by atoms with Gasteiger partial charge in [0.15, 0.2) is 0 Å². The second-order valence-corrected chi connectivity index (χ2v) is 4.89. The van der Waals surface area contributed by atoms with Crippen molar-refractivity contribution in [2.75, 3.05) is 20.1 Å². The standard InChI is InChI=1S/C13H25N5O/c1-5-6-18(9-12(19)15-3)13(10(2)14)11-7-16-17(4)8-11/h7-8,10,13H,5-6,9,14H2,1-4H3,(H,15,19). The number of amides is 1. The van der Waals surface area contributed by atoms with Gasteiger partial charge in [0.25, 0.3) is 0 Å². The first kappa shape index (κ1) is 15.7. The molecule has 0 fully saturated rings. The fourth-order valence-corrected chi connectivity index (χ4v) is 2.31. The van der Waals surface area contributed by atoms with Gasteiger partial charge < -0.3 is 11.1 Å². The number of carbonyl (C=O) groups is 1. The van der Waals surface area contributed by atoms with E-state index in [0.29, 0.717) is 6.54 Å². The highest BCUT2D eigenvalue weighted by Gasteiger charge is 2.26. The molecule has 2 unspecified atom stereocenters. The van der Waals surface area contributed by atoms with Gasteiger partial charge in [-0.15, -0.1) is 0 Å². The molecular weight excluding hydrogens is 242 g/mol. The Morgan fingerprint density at radius 1 is 1.63 bits per heavy atom. The molecule has 1 rings (SSSR count). The molecule has 1 aromatic heterocycles. The molecule has 0 bridgehead atoms. The monoisotopic (exact) mass is 267 g/mol. The van der Waals surface area contributed by atoms with Crippen LogP contribution in [0.4, 0.5) is 0 Å². The molecule has 0 aromatic carbocycles. The lowest BCUT2D eigenvalue weighted by molar-refractivity contribution is -0.122. The zero-order valence-electron chi connectivity index (χ0n) is 12.3. The summed E-state index contributed by atoms with van der Waals surface area (Å²) in [6.07, 6.45) is 4.75. The maximum atomic E-state index is 11.6. The van der Waals surface area contributed by atoms with E-state index in [9.17, 15) is 4.79 Å². The lowest BCUT2D eigenvalue weighted by atomic mass is 10.0. The molecule has 0 aliphatic rings. The molecule has 1 aromatic rings. The van der Waals surface area contributed by atoms with Crippen molar-refractivity contribution >= 4 is 5.91 Å². The first-order valence-corrected chi connectivity index (χ1v) is 6.68. The molecule has 1 heterocycles. The summed E-state index contributed by atoms with van der Waals surface area (Å²) < 4.78 is 1.76. The van der Waals surface area contributed by atoms with E-state index in [0.717, 1.165) is 18.5 Å². The molecule has 3 N–H and O–H groups in total. The first-order valence-electron chi connectivity index (χ1n) is 6.68. The summed E-state index contributed by atoms with van der Waals surface area (Å²) in [5, 5.41) is 6.86. The highest BCUT2D eigenvalue weighted by atomic mass is 16.1. The highest BCUT2D eigenvalue weighted by Crippen LogP contribution is 2.23. The van der Waals surface area contributed by atoms with Crippen LogP contribution in [0.5, 0.6) is 0 Å². The number of carbonyl (C=O) groups excluding carboxylic acids is 1. The number of nitrogens with zero attached hydrogens (tertiary/aromatic N) is 3. The summed E-state index contributed by atoms with van der Waals surface area (Å²) in [5.41, 5.74) is 7.17. The molecule has 108 valence electrons. The number of hydrogen-bond donors (Lipinski definition) is 2. The normalized spacial score (nSPS) is 14.4. The van der Waals surface area contributed by atoms with Crippen LogP contribution in [-0.4, -0.2) is 46.8 Å². The van der Waals surface area contributed by atoms with Gasteiger partial charge in [0.2, 0.25) is 5.91 Å².